The van der Waals surface area contributed by atoms with E-state index in [-0.39, 0.29) is 11.5 Å². The molecule has 1 unspecified atom stereocenters. The van der Waals surface area contributed by atoms with Crippen LogP contribution in [0.25, 0.3) is 0 Å². The highest BCUT2D eigenvalue weighted by molar-refractivity contribution is 7.12. The predicted molar refractivity (Wildman–Crippen MR) is 53.9 cm³/mol. The molecule has 0 amide bonds. The maximum Gasteiger partial charge on any atom is 0.425 e. The summed E-state index contributed by atoms with van der Waals surface area (Å²) in [7, 11) is 0. The third kappa shape index (κ3) is 1.78. The van der Waals surface area contributed by atoms with Crippen molar-refractivity contribution in [2.75, 3.05) is 0 Å². The van der Waals surface area contributed by atoms with Gasteiger partial charge in [0.15, 0.2) is 0 Å². The number of hydrogen-bond acceptors (Lipinski definition) is 2. The molecule has 0 saturated heterocycles. The SMILES string of the molecule is CC(N)C1(c2ccc(C(F)(F)F)s2)CC1. The molecule has 0 aliphatic heterocycles. The average molecular weight is 235 g/mol. The molecule has 0 spiro atoms. The van der Waals surface area contributed by atoms with Gasteiger partial charge in [0.1, 0.15) is 4.88 Å². The second-order valence-electron chi connectivity index (χ2n) is 4.11. The molecule has 2 rings (SSSR count). The monoisotopic (exact) mass is 235 g/mol. The summed E-state index contributed by atoms with van der Waals surface area (Å²) in [6.45, 7) is 1.86. The van der Waals surface area contributed by atoms with Crippen molar-refractivity contribution in [1.29, 1.82) is 0 Å². The Balaban J connectivity index is 2.29. The first-order chi connectivity index (χ1) is 6.86. The van der Waals surface area contributed by atoms with E-state index in [9.17, 15) is 13.2 Å². The van der Waals surface area contributed by atoms with Crippen molar-refractivity contribution in [3.63, 3.8) is 0 Å². The molecule has 1 aromatic heterocycles. The summed E-state index contributed by atoms with van der Waals surface area (Å²) in [5.74, 6) is 0. The van der Waals surface area contributed by atoms with Crippen LogP contribution in [0.4, 0.5) is 13.2 Å². The fourth-order valence-corrected chi connectivity index (χ4v) is 3.04. The molecular formula is C10H12F3NS. The first-order valence-electron chi connectivity index (χ1n) is 4.79. The minimum atomic E-state index is -4.23. The van der Waals surface area contributed by atoms with Gasteiger partial charge >= 0.3 is 6.18 Å². The highest BCUT2D eigenvalue weighted by Gasteiger charge is 2.49. The predicted octanol–water partition coefficient (Wildman–Crippen LogP) is 3.15. The van der Waals surface area contributed by atoms with Gasteiger partial charge in [-0.05, 0) is 31.9 Å². The van der Waals surface area contributed by atoms with E-state index in [1.54, 1.807) is 6.07 Å². The van der Waals surface area contributed by atoms with Gasteiger partial charge in [0.05, 0.1) is 0 Å². The fourth-order valence-electron chi connectivity index (χ4n) is 1.82. The Kier molecular flexibility index (Phi) is 2.35. The Bertz CT molecular complexity index is 363. The highest BCUT2D eigenvalue weighted by atomic mass is 32.1. The molecule has 1 aliphatic carbocycles. The van der Waals surface area contributed by atoms with Crippen LogP contribution in [0, 0.1) is 0 Å². The zero-order chi connectivity index (χ0) is 11.3. The number of halogens is 3. The van der Waals surface area contributed by atoms with Crippen LogP contribution in [0.5, 0.6) is 0 Å². The van der Waals surface area contributed by atoms with Crippen molar-refractivity contribution in [1.82, 2.24) is 0 Å². The molecule has 1 fully saturated rings. The van der Waals surface area contributed by atoms with Crippen molar-refractivity contribution < 1.29 is 13.2 Å². The van der Waals surface area contributed by atoms with Crippen LogP contribution in [0.15, 0.2) is 12.1 Å². The summed E-state index contributed by atoms with van der Waals surface area (Å²) in [6, 6.07) is 2.66. The smallest absolute Gasteiger partial charge is 0.327 e. The standard InChI is InChI=1S/C10H12F3NS/c1-6(14)9(4-5-9)7-2-3-8(15-7)10(11,12)13/h2-3,6H,4-5,14H2,1H3. The lowest BCUT2D eigenvalue weighted by Crippen LogP contribution is -2.30. The average Bonchev–Trinajstić information content (AvgIpc) is 2.75. The van der Waals surface area contributed by atoms with E-state index in [1.165, 1.54) is 0 Å². The maximum atomic E-state index is 12.4. The Morgan fingerprint density at radius 3 is 2.33 bits per heavy atom. The van der Waals surface area contributed by atoms with Gasteiger partial charge < -0.3 is 5.73 Å². The van der Waals surface area contributed by atoms with E-state index < -0.39 is 11.1 Å². The lowest BCUT2D eigenvalue weighted by molar-refractivity contribution is -0.134. The highest BCUT2D eigenvalue weighted by Crippen LogP contribution is 2.53. The molecule has 1 saturated carbocycles. The van der Waals surface area contributed by atoms with Crippen LogP contribution in [0.3, 0.4) is 0 Å². The second-order valence-corrected chi connectivity index (χ2v) is 5.19. The second kappa shape index (κ2) is 3.22. The molecule has 1 atom stereocenters. The van der Waals surface area contributed by atoms with Crippen molar-refractivity contribution in [3.8, 4) is 0 Å². The number of hydrogen-bond donors (Lipinski definition) is 1. The lowest BCUT2D eigenvalue weighted by atomic mass is 9.97. The molecule has 1 aliphatic rings. The van der Waals surface area contributed by atoms with E-state index in [0.29, 0.717) is 0 Å². The van der Waals surface area contributed by atoms with Gasteiger partial charge in [0.2, 0.25) is 0 Å². The van der Waals surface area contributed by atoms with Crippen LogP contribution < -0.4 is 5.73 Å². The summed E-state index contributed by atoms with van der Waals surface area (Å²) in [5, 5.41) is 0. The van der Waals surface area contributed by atoms with Gasteiger partial charge in [-0.1, -0.05) is 0 Å². The normalized spacial score (nSPS) is 21.4. The Morgan fingerprint density at radius 2 is 2.00 bits per heavy atom. The fraction of sp³-hybridized carbons (Fsp3) is 0.600. The van der Waals surface area contributed by atoms with Gasteiger partial charge in [0, 0.05) is 16.3 Å². The van der Waals surface area contributed by atoms with Crippen LogP contribution in [-0.2, 0) is 11.6 Å². The van der Waals surface area contributed by atoms with Crippen molar-refractivity contribution in [3.05, 3.63) is 21.9 Å². The molecular weight excluding hydrogens is 223 g/mol. The van der Waals surface area contributed by atoms with Crippen LogP contribution in [-0.4, -0.2) is 6.04 Å². The first kappa shape index (κ1) is 11.0. The van der Waals surface area contributed by atoms with E-state index >= 15 is 0 Å². The maximum absolute atomic E-state index is 12.4. The first-order valence-corrected chi connectivity index (χ1v) is 5.61. The van der Waals surface area contributed by atoms with Crippen LogP contribution in [0.1, 0.15) is 29.5 Å². The molecule has 15 heavy (non-hydrogen) atoms. The van der Waals surface area contributed by atoms with Gasteiger partial charge in [-0.3, -0.25) is 0 Å². The quantitative estimate of drug-likeness (QED) is 0.837. The lowest BCUT2D eigenvalue weighted by Gasteiger charge is -2.17. The largest absolute Gasteiger partial charge is 0.425 e. The topological polar surface area (TPSA) is 26.0 Å². The Morgan fingerprint density at radius 1 is 1.40 bits per heavy atom. The third-order valence-corrected chi connectivity index (χ3v) is 4.39. The van der Waals surface area contributed by atoms with Gasteiger partial charge in [-0.15, -0.1) is 11.3 Å². The summed E-state index contributed by atoms with van der Waals surface area (Å²) in [6.07, 6.45) is -2.41. The number of thiophene rings is 1. The molecule has 0 radical (unpaired) electrons. The van der Waals surface area contributed by atoms with Crippen molar-refractivity contribution in [2.45, 2.75) is 37.4 Å². The minimum Gasteiger partial charge on any atom is -0.327 e. The minimum absolute atomic E-state index is 0.0720. The Labute approximate surface area is 90.1 Å². The summed E-state index contributed by atoms with van der Waals surface area (Å²) in [4.78, 5) is 0.259. The molecule has 1 aromatic rings. The number of alkyl halides is 3. The molecule has 1 heterocycles. The van der Waals surface area contributed by atoms with Gasteiger partial charge in [0.25, 0.3) is 0 Å². The summed E-state index contributed by atoms with van der Waals surface area (Å²) >= 11 is 0.833. The van der Waals surface area contributed by atoms with E-state index in [1.807, 2.05) is 6.92 Å². The number of rotatable bonds is 2. The molecule has 2 N–H and O–H groups in total. The van der Waals surface area contributed by atoms with Crippen molar-refractivity contribution in [2.24, 2.45) is 5.73 Å². The molecule has 0 aromatic carbocycles. The molecule has 5 heteroatoms. The summed E-state index contributed by atoms with van der Waals surface area (Å²) < 4.78 is 37.2. The van der Waals surface area contributed by atoms with E-state index in [2.05, 4.69) is 0 Å². The third-order valence-electron chi connectivity index (χ3n) is 3.04. The zero-order valence-corrected chi connectivity index (χ0v) is 9.08. The van der Waals surface area contributed by atoms with E-state index in [4.69, 9.17) is 5.73 Å². The molecule has 1 nitrogen and oxygen atoms in total. The summed E-state index contributed by atoms with van der Waals surface area (Å²) in [5.41, 5.74) is 5.64. The van der Waals surface area contributed by atoms with Crippen LogP contribution in [0.2, 0.25) is 0 Å². The number of nitrogens with two attached hydrogens (primary N) is 1. The Hall–Kier alpha value is -0.550. The zero-order valence-electron chi connectivity index (χ0n) is 8.27. The molecule has 84 valence electrons. The molecule has 0 bridgehead atoms. The van der Waals surface area contributed by atoms with Gasteiger partial charge in [-0.2, -0.15) is 13.2 Å². The van der Waals surface area contributed by atoms with Crippen LogP contribution >= 0.6 is 11.3 Å². The van der Waals surface area contributed by atoms with Crippen molar-refractivity contribution >= 4 is 11.3 Å². The van der Waals surface area contributed by atoms with E-state index in [0.717, 1.165) is 35.1 Å². The van der Waals surface area contributed by atoms with Gasteiger partial charge in [-0.25, -0.2) is 0 Å².